The Balaban J connectivity index is 1.86. The molecular weight excluding hydrogens is 323 g/mol. The summed E-state index contributed by atoms with van der Waals surface area (Å²) in [6, 6.07) is 10.6. The standard InChI is InChI=1S/C16H14ClFN2O3/c17-12-6-3-5-11(15(12)19)16(22)23-9-14(21)20-8-10-4-1-2-7-13(10)18/h1-7H,8-9,19H2,(H,20,21). The van der Waals surface area contributed by atoms with Crippen LogP contribution in [0, 0.1) is 5.82 Å². The van der Waals surface area contributed by atoms with Gasteiger partial charge in [-0.3, -0.25) is 4.79 Å². The van der Waals surface area contributed by atoms with Gasteiger partial charge in [0.2, 0.25) is 0 Å². The van der Waals surface area contributed by atoms with E-state index < -0.39 is 24.3 Å². The molecule has 3 N–H and O–H groups in total. The van der Waals surface area contributed by atoms with Gasteiger partial charge in [0.15, 0.2) is 6.61 Å². The molecule has 0 fully saturated rings. The molecule has 0 radical (unpaired) electrons. The number of para-hydroxylation sites is 1. The number of nitrogens with two attached hydrogens (primary N) is 1. The first-order valence-electron chi connectivity index (χ1n) is 6.70. The van der Waals surface area contributed by atoms with Crippen LogP contribution in [0.25, 0.3) is 0 Å². The van der Waals surface area contributed by atoms with Crippen LogP contribution in [0.1, 0.15) is 15.9 Å². The number of anilines is 1. The molecular formula is C16H14ClFN2O3. The van der Waals surface area contributed by atoms with Crippen LogP contribution in [0.4, 0.5) is 10.1 Å². The number of halogens is 2. The van der Waals surface area contributed by atoms with Crippen molar-refractivity contribution in [2.24, 2.45) is 0 Å². The van der Waals surface area contributed by atoms with Crippen molar-refractivity contribution in [3.8, 4) is 0 Å². The summed E-state index contributed by atoms with van der Waals surface area (Å²) in [6.07, 6.45) is 0. The maximum absolute atomic E-state index is 13.4. The maximum atomic E-state index is 13.4. The van der Waals surface area contributed by atoms with Crippen molar-refractivity contribution < 1.29 is 18.7 Å². The molecule has 0 unspecified atom stereocenters. The number of benzene rings is 2. The Morgan fingerprint density at radius 1 is 1.17 bits per heavy atom. The number of nitrogen functional groups attached to an aromatic ring is 1. The molecule has 0 aliphatic heterocycles. The molecule has 2 rings (SSSR count). The second kappa shape index (κ2) is 7.60. The number of carbonyl (C=O) groups is 2. The van der Waals surface area contributed by atoms with Crippen molar-refractivity contribution >= 4 is 29.2 Å². The summed E-state index contributed by atoms with van der Waals surface area (Å²) in [6.45, 7) is -0.498. The molecule has 0 saturated heterocycles. The van der Waals surface area contributed by atoms with Gasteiger partial charge in [-0.1, -0.05) is 35.9 Å². The predicted octanol–water partition coefficient (Wildman–Crippen LogP) is 2.53. The second-order valence-corrected chi connectivity index (χ2v) is 5.05. The lowest BCUT2D eigenvalue weighted by atomic mass is 10.2. The van der Waals surface area contributed by atoms with E-state index in [1.165, 1.54) is 18.2 Å². The fourth-order valence-electron chi connectivity index (χ4n) is 1.81. The monoisotopic (exact) mass is 336 g/mol. The summed E-state index contributed by atoms with van der Waals surface area (Å²) in [5.74, 6) is -1.73. The Morgan fingerprint density at radius 2 is 1.91 bits per heavy atom. The van der Waals surface area contributed by atoms with Crippen molar-refractivity contribution in [2.45, 2.75) is 6.54 Å². The topological polar surface area (TPSA) is 81.4 Å². The highest BCUT2D eigenvalue weighted by atomic mass is 35.5. The zero-order valence-corrected chi connectivity index (χ0v) is 12.8. The summed E-state index contributed by atoms with van der Waals surface area (Å²) < 4.78 is 18.3. The zero-order chi connectivity index (χ0) is 16.8. The van der Waals surface area contributed by atoms with Gasteiger partial charge in [0, 0.05) is 12.1 Å². The molecule has 120 valence electrons. The Bertz CT molecular complexity index is 737. The smallest absolute Gasteiger partial charge is 0.340 e. The van der Waals surface area contributed by atoms with E-state index in [0.29, 0.717) is 5.56 Å². The lowest BCUT2D eigenvalue weighted by Crippen LogP contribution is -2.28. The van der Waals surface area contributed by atoms with E-state index in [1.807, 2.05) is 0 Å². The highest BCUT2D eigenvalue weighted by molar-refractivity contribution is 6.33. The number of nitrogens with one attached hydrogen (secondary N) is 1. The van der Waals surface area contributed by atoms with Gasteiger partial charge in [0.05, 0.1) is 16.3 Å². The Hall–Kier alpha value is -2.60. The lowest BCUT2D eigenvalue weighted by Gasteiger charge is -2.09. The normalized spacial score (nSPS) is 10.2. The third kappa shape index (κ3) is 4.43. The number of ether oxygens (including phenoxy) is 1. The van der Waals surface area contributed by atoms with Crippen molar-refractivity contribution in [2.75, 3.05) is 12.3 Å². The molecule has 0 bridgehead atoms. The van der Waals surface area contributed by atoms with E-state index in [2.05, 4.69) is 5.32 Å². The van der Waals surface area contributed by atoms with E-state index in [4.69, 9.17) is 22.1 Å². The van der Waals surface area contributed by atoms with Crippen LogP contribution < -0.4 is 11.1 Å². The molecule has 0 aliphatic rings. The van der Waals surface area contributed by atoms with Crippen LogP contribution in [-0.2, 0) is 16.1 Å². The molecule has 23 heavy (non-hydrogen) atoms. The number of hydrogen-bond acceptors (Lipinski definition) is 4. The summed E-state index contributed by atoms with van der Waals surface area (Å²) in [5, 5.41) is 2.68. The maximum Gasteiger partial charge on any atom is 0.340 e. The lowest BCUT2D eigenvalue weighted by molar-refractivity contribution is -0.124. The van der Waals surface area contributed by atoms with Crippen LogP contribution in [0.3, 0.4) is 0 Å². The number of hydrogen-bond donors (Lipinski definition) is 2. The molecule has 0 atom stereocenters. The van der Waals surface area contributed by atoms with Gasteiger partial charge in [-0.15, -0.1) is 0 Å². The van der Waals surface area contributed by atoms with E-state index >= 15 is 0 Å². The SMILES string of the molecule is Nc1c(Cl)cccc1C(=O)OCC(=O)NCc1ccccc1F. The van der Waals surface area contributed by atoms with Crippen molar-refractivity contribution in [3.63, 3.8) is 0 Å². The van der Waals surface area contributed by atoms with E-state index in [0.717, 1.165) is 0 Å². The molecule has 0 heterocycles. The Kier molecular flexibility index (Phi) is 5.54. The summed E-state index contributed by atoms with van der Waals surface area (Å²) in [7, 11) is 0. The summed E-state index contributed by atoms with van der Waals surface area (Å²) in [5.41, 5.74) is 6.18. The number of carbonyl (C=O) groups excluding carboxylic acids is 2. The molecule has 0 spiro atoms. The largest absolute Gasteiger partial charge is 0.452 e. The minimum atomic E-state index is -0.758. The van der Waals surface area contributed by atoms with Gasteiger partial charge >= 0.3 is 5.97 Å². The third-order valence-electron chi connectivity index (χ3n) is 3.04. The average Bonchev–Trinajstić information content (AvgIpc) is 2.54. The molecule has 0 aliphatic carbocycles. The summed E-state index contributed by atoms with van der Waals surface area (Å²) in [4.78, 5) is 23.5. The van der Waals surface area contributed by atoms with Gasteiger partial charge in [-0.2, -0.15) is 0 Å². The van der Waals surface area contributed by atoms with Gasteiger partial charge in [-0.05, 0) is 18.2 Å². The van der Waals surface area contributed by atoms with Crippen LogP contribution in [0.15, 0.2) is 42.5 Å². The second-order valence-electron chi connectivity index (χ2n) is 4.65. The van der Waals surface area contributed by atoms with Gasteiger partial charge in [0.25, 0.3) is 5.91 Å². The summed E-state index contributed by atoms with van der Waals surface area (Å²) >= 11 is 5.81. The molecule has 2 aromatic carbocycles. The van der Waals surface area contributed by atoms with Crippen LogP contribution in [0.5, 0.6) is 0 Å². The first kappa shape index (κ1) is 16.8. The van der Waals surface area contributed by atoms with E-state index in [9.17, 15) is 14.0 Å². The molecule has 2 aromatic rings. The Morgan fingerprint density at radius 3 is 2.65 bits per heavy atom. The highest BCUT2D eigenvalue weighted by Crippen LogP contribution is 2.22. The fourth-order valence-corrected chi connectivity index (χ4v) is 1.99. The van der Waals surface area contributed by atoms with Gasteiger partial charge < -0.3 is 15.8 Å². The number of amides is 1. The van der Waals surface area contributed by atoms with Crippen LogP contribution in [0.2, 0.25) is 5.02 Å². The molecule has 0 aromatic heterocycles. The molecule has 5 nitrogen and oxygen atoms in total. The first-order chi connectivity index (χ1) is 11.0. The minimum Gasteiger partial charge on any atom is -0.452 e. The highest BCUT2D eigenvalue weighted by Gasteiger charge is 2.15. The first-order valence-corrected chi connectivity index (χ1v) is 7.08. The molecule has 7 heteroatoms. The van der Waals surface area contributed by atoms with Crippen LogP contribution >= 0.6 is 11.6 Å². The third-order valence-corrected chi connectivity index (χ3v) is 3.37. The van der Waals surface area contributed by atoms with Gasteiger partial charge in [-0.25, -0.2) is 9.18 Å². The molecule has 0 saturated carbocycles. The van der Waals surface area contributed by atoms with Crippen molar-refractivity contribution in [1.29, 1.82) is 0 Å². The number of esters is 1. The minimum absolute atomic E-state index is 0.00234. The van der Waals surface area contributed by atoms with Gasteiger partial charge in [0.1, 0.15) is 5.82 Å². The quantitative estimate of drug-likeness (QED) is 0.649. The Labute approximate surface area is 137 Å². The zero-order valence-electron chi connectivity index (χ0n) is 12.0. The van der Waals surface area contributed by atoms with Crippen LogP contribution in [-0.4, -0.2) is 18.5 Å². The van der Waals surface area contributed by atoms with E-state index in [-0.39, 0.29) is 22.8 Å². The van der Waals surface area contributed by atoms with Crippen molar-refractivity contribution in [3.05, 3.63) is 64.4 Å². The van der Waals surface area contributed by atoms with Crippen molar-refractivity contribution in [1.82, 2.24) is 5.32 Å². The number of rotatable bonds is 5. The molecule has 1 amide bonds. The predicted molar refractivity (Wildman–Crippen MR) is 84.4 cm³/mol. The average molecular weight is 337 g/mol. The van der Waals surface area contributed by atoms with E-state index in [1.54, 1.807) is 24.3 Å². The fraction of sp³-hybridized carbons (Fsp3) is 0.125.